The number of aromatic carboxylic acids is 1. The van der Waals surface area contributed by atoms with Crippen molar-refractivity contribution in [2.45, 2.75) is 32.4 Å². The first-order valence-electron chi connectivity index (χ1n) is 9.70. The molecule has 1 fully saturated rings. The molecule has 142 valence electrons. The van der Waals surface area contributed by atoms with Crippen molar-refractivity contribution in [3.8, 4) is 11.1 Å². The molecule has 1 aliphatic rings. The maximum atomic E-state index is 11.5. The fraction of sp³-hybridized carbons (Fsp3) is 0.250. The number of benzene rings is 2. The maximum Gasteiger partial charge on any atom is 0.336 e. The van der Waals surface area contributed by atoms with Crippen LogP contribution in [0, 0.1) is 6.92 Å². The number of likely N-dealkylation sites (tertiary alicyclic amines) is 1. The van der Waals surface area contributed by atoms with Crippen LogP contribution in [-0.2, 0) is 6.54 Å². The predicted octanol–water partition coefficient (Wildman–Crippen LogP) is 5.09. The third-order valence-corrected chi connectivity index (χ3v) is 5.45. The summed E-state index contributed by atoms with van der Waals surface area (Å²) in [6.07, 6.45) is 4.27. The number of carbonyl (C=O) groups is 1. The fourth-order valence-electron chi connectivity index (χ4n) is 3.97. The van der Waals surface area contributed by atoms with Crippen molar-refractivity contribution < 1.29 is 9.90 Å². The lowest BCUT2D eigenvalue weighted by atomic mass is 9.98. The molecule has 0 radical (unpaired) electrons. The summed E-state index contributed by atoms with van der Waals surface area (Å²) in [5.41, 5.74) is 5.58. The van der Waals surface area contributed by atoms with Gasteiger partial charge in [0.1, 0.15) is 0 Å². The second-order valence-corrected chi connectivity index (χ2v) is 7.44. The molecule has 1 aromatic heterocycles. The zero-order valence-electron chi connectivity index (χ0n) is 16.0. The molecule has 1 atom stereocenters. The third-order valence-electron chi connectivity index (χ3n) is 5.45. The first-order chi connectivity index (χ1) is 13.6. The average Bonchev–Trinajstić information content (AvgIpc) is 3.17. The van der Waals surface area contributed by atoms with Gasteiger partial charge in [-0.1, -0.05) is 48.5 Å². The molecule has 0 saturated carbocycles. The summed E-state index contributed by atoms with van der Waals surface area (Å²) in [7, 11) is 0. The smallest absolute Gasteiger partial charge is 0.336 e. The van der Waals surface area contributed by atoms with Gasteiger partial charge in [-0.3, -0.25) is 9.88 Å². The number of aromatic nitrogens is 1. The lowest BCUT2D eigenvalue weighted by Crippen LogP contribution is -2.23. The highest BCUT2D eigenvalue weighted by atomic mass is 16.4. The number of rotatable bonds is 5. The molecule has 0 unspecified atom stereocenters. The van der Waals surface area contributed by atoms with Gasteiger partial charge >= 0.3 is 5.97 Å². The van der Waals surface area contributed by atoms with E-state index in [2.05, 4.69) is 41.1 Å². The van der Waals surface area contributed by atoms with Crippen LogP contribution in [0.15, 0.2) is 66.9 Å². The number of hydrogen-bond acceptors (Lipinski definition) is 3. The minimum Gasteiger partial charge on any atom is -0.478 e. The molecule has 1 N–H and O–H groups in total. The number of carboxylic acids is 1. The van der Waals surface area contributed by atoms with Crippen LogP contribution < -0.4 is 0 Å². The van der Waals surface area contributed by atoms with E-state index in [1.165, 1.54) is 17.5 Å². The van der Waals surface area contributed by atoms with Gasteiger partial charge < -0.3 is 5.11 Å². The average molecular weight is 372 g/mol. The Morgan fingerprint density at radius 2 is 1.89 bits per heavy atom. The lowest BCUT2D eigenvalue weighted by molar-refractivity contribution is 0.0697. The van der Waals surface area contributed by atoms with Gasteiger partial charge in [0.05, 0.1) is 17.3 Å². The van der Waals surface area contributed by atoms with Crippen molar-refractivity contribution in [2.24, 2.45) is 0 Å². The minimum absolute atomic E-state index is 0.334. The molecular formula is C24H24N2O2. The van der Waals surface area contributed by atoms with E-state index in [0.29, 0.717) is 11.6 Å². The molecule has 2 heterocycles. The van der Waals surface area contributed by atoms with Gasteiger partial charge in [-0.2, -0.15) is 0 Å². The summed E-state index contributed by atoms with van der Waals surface area (Å²) in [5, 5.41) is 9.41. The molecule has 4 nitrogen and oxygen atoms in total. The Labute approximate surface area is 165 Å². The molecular weight excluding hydrogens is 348 g/mol. The largest absolute Gasteiger partial charge is 0.478 e. The van der Waals surface area contributed by atoms with Gasteiger partial charge in [0.15, 0.2) is 0 Å². The van der Waals surface area contributed by atoms with E-state index < -0.39 is 5.97 Å². The summed E-state index contributed by atoms with van der Waals surface area (Å²) in [6, 6.07) is 20.0. The molecule has 1 aliphatic heterocycles. The first kappa shape index (κ1) is 18.4. The Hall–Kier alpha value is -2.98. The Morgan fingerprint density at radius 3 is 2.61 bits per heavy atom. The minimum atomic E-state index is -0.898. The highest BCUT2D eigenvalue weighted by molar-refractivity contribution is 5.95. The van der Waals surface area contributed by atoms with Gasteiger partial charge in [0.25, 0.3) is 0 Å². The molecule has 1 saturated heterocycles. The molecule has 0 bridgehead atoms. The van der Waals surface area contributed by atoms with Crippen LogP contribution in [0.2, 0.25) is 0 Å². The highest BCUT2D eigenvalue weighted by Gasteiger charge is 2.26. The van der Waals surface area contributed by atoms with Crippen LogP contribution in [0.4, 0.5) is 0 Å². The standard InChI is InChI=1S/C24H24N2O2/c1-17-8-13-22(25-15-17)23-7-4-14-26(23)16-18-9-11-19(12-10-18)20-5-2-3-6-21(20)24(27)28/h2-3,5-6,8-13,15,23H,4,7,14,16H2,1H3,(H,27,28)/t23-/m1/s1. The Kier molecular flexibility index (Phi) is 5.22. The summed E-state index contributed by atoms with van der Waals surface area (Å²) in [6.45, 7) is 4.01. The monoisotopic (exact) mass is 372 g/mol. The number of aryl methyl sites for hydroxylation is 1. The molecule has 4 rings (SSSR count). The topological polar surface area (TPSA) is 53.4 Å². The number of nitrogens with zero attached hydrogens (tertiary/aromatic N) is 2. The predicted molar refractivity (Wildman–Crippen MR) is 110 cm³/mol. The van der Waals surface area contributed by atoms with E-state index in [9.17, 15) is 9.90 Å². The summed E-state index contributed by atoms with van der Waals surface area (Å²) in [5.74, 6) is -0.898. The van der Waals surface area contributed by atoms with E-state index >= 15 is 0 Å². The summed E-state index contributed by atoms with van der Waals surface area (Å²) < 4.78 is 0. The van der Waals surface area contributed by atoms with Gasteiger partial charge in [-0.15, -0.1) is 0 Å². The molecule has 3 aromatic rings. The van der Waals surface area contributed by atoms with Crippen molar-refractivity contribution in [1.29, 1.82) is 0 Å². The number of pyridine rings is 1. The zero-order chi connectivity index (χ0) is 19.5. The lowest BCUT2D eigenvalue weighted by Gasteiger charge is -2.24. The first-order valence-corrected chi connectivity index (χ1v) is 9.70. The van der Waals surface area contributed by atoms with Crippen LogP contribution in [0.1, 0.15) is 46.1 Å². The van der Waals surface area contributed by atoms with Crippen LogP contribution in [0.3, 0.4) is 0 Å². The van der Waals surface area contributed by atoms with Crippen molar-refractivity contribution in [3.63, 3.8) is 0 Å². The quantitative estimate of drug-likeness (QED) is 0.678. The molecule has 4 heteroatoms. The zero-order valence-corrected chi connectivity index (χ0v) is 16.0. The van der Waals surface area contributed by atoms with Crippen LogP contribution in [0.5, 0.6) is 0 Å². The summed E-state index contributed by atoms with van der Waals surface area (Å²) >= 11 is 0. The van der Waals surface area contributed by atoms with Crippen molar-refractivity contribution in [2.75, 3.05) is 6.54 Å². The van der Waals surface area contributed by atoms with E-state index in [4.69, 9.17) is 0 Å². The van der Waals surface area contributed by atoms with Gasteiger partial charge in [-0.05, 0) is 60.7 Å². The Morgan fingerprint density at radius 1 is 1.11 bits per heavy atom. The maximum absolute atomic E-state index is 11.5. The molecule has 0 aliphatic carbocycles. The second-order valence-electron chi connectivity index (χ2n) is 7.44. The van der Waals surface area contributed by atoms with E-state index in [-0.39, 0.29) is 0 Å². The van der Waals surface area contributed by atoms with Crippen molar-refractivity contribution in [1.82, 2.24) is 9.88 Å². The number of carboxylic acid groups (broad SMARTS) is 1. The normalized spacial score (nSPS) is 17.0. The third kappa shape index (κ3) is 3.82. The van der Waals surface area contributed by atoms with Crippen LogP contribution in [0.25, 0.3) is 11.1 Å². The van der Waals surface area contributed by atoms with E-state index in [1.54, 1.807) is 12.1 Å². The van der Waals surface area contributed by atoms with E-state index in [1.807, 2.05) is 30.5 Å². The molecule has 0 amide bonds. The SMILES string of the molecule is Cc1ccc([C@H]2CCCN2Cc2ccc(-c3ccccc3C(=O)O)cc2)nc1. The van der Waals surface area contributed by atoms with Gasteiger partial charge in [0.2, 0.25) is 0 Å². The van der Waals surface area contributed by atoms with Crippen molar-refractivity contribution >= 4 is 5.97 Å². The fourth-order valence-corrected chi connectivity index (χ4v) is 3.97. The van der Waals surface area contributed by atoms with Crippen LogP contribution >= 0.6 is 0 Å². The highest BCUT2D eigenvalue weighted by Crippen LogP contribution is 2.32. The molecule has 0 spiro atoms. The Balaban J connectivity index is 1.52. The summed E-state index contributed by atoms with van der Waals surface area (Å²) in [4.78, 5) is 18.6. The molecule has 2 aromatic carbocycles. The number of hydrogen-bond donors (Lipinski definition) is 1. The van der Waals surface area contributed by atoms with Crippen LogP contribution in [-0.4, -0.2) is 27.5 Å². The van der Waals surface area contributed by atoms with Crippen molar-refractivity contribution in [3.05, 3.63) is 89.2 Å². The molecule has 28 heavy (non-hydrogen) atoms. The van der Waals surface area contributed by atoms with E-state index in [0.717, 1.165) is 36.3 Å². The van der Waals surface area contributed by atoms with Gasteiger partial charge in [-0.25, -0.2) is 4.79 Å². The second kappa shape index (κ2) is 7.95. The van der Waals surface area contributed by atoms with Gasteiger partial charge in [0, 0.05) is 12.7 Å². The Bertz CT molecular complexity index is 965.